The van der Waals surface area contributed by atoms with E-state index < -0.39 is 6.10 Å². The van der Waals surface area contributed by atoms with Crippen molar-refractivity contribution in [2.24, 2.45) is 0 Å². The molecule has 0 bridgehead atoms. The van der Waals surface area contributed by atoms with E-state index in [1.54, 1.807) is 18.2 Å². The summed E-state index contributed by atoms with van der Waals surface area (Å²) in [5.74, 6) is -0.253. The van der Waals surface area contributed by atoms with Crippen LogP contribution in [0.25, 0.3) is 0 Å². The molecule has 0 aliphatic rings. The highest BCUT2D eigenvalue weighted by molar-refractivity contribution is 5.17. The highest BCUT2D eigenvalue weighted by Gasteiger charge is 2.06. The van der Waals surface area contributed by atoms with Gasteiger partial charge in [0.1, 0.15) is 5.82 Å². The summed E-state index contributed by atoms with van der Waals surface area (Å²) in [6.45, 7) is 0. The number of hydrogen-bond donors (Lipinski definition) is 1. The molecular weight excluding hydrogens is 181 g/mol. The van der Waals surface area contributed by atoms with E-state index in [1.165, 1.54) is 6.07 Å². The molecule has 14 heavy (non-hydrogen) atoms. The van der Waals surface area contributed by atoms with Crippen molar-refractivity contribution in [1.82, 2.24) is 0 Å². The van der Waals surface area contributed by atoms with Crippen molar-refractivity contribution < 1.29 is 9.50 Å². The molecule has 0 saturated carbocycles. The van der Waals surface area contributed by atoms with Crippen molar-refractivity contribution in [2.75, 3.05) is 0 Å². The van der Waals surface area contributed by atoms with Crippen LogP contribution in [0, 0.1) is 17.1 Å². The van der Waals surface area contributed by atoms with Crippen LogP contribution in [0.4, 0.5) is 4.39 Å². The van der Waals surface area contributed by atoms with Crippen molar-refractivity contribution in [3.63, 3.8) is 0 Å². The van der Waals surface area contributed by atoms with Crippen LogP contribution < -0.4 is 0 Å². The van der Waals surface area contributed by atoms with Gasteiger partial charge in [0.15, 0.2) is 0 Å². The SMILES string of the molecule is N#CCC(O)CCc1ccccc1F. The van der Waals surface area contributed by atoms with Gasteiger partial charge in [0, 0.05) is 0 Å². The lowest BCUT2D eigenvalue weighted by Crippen LogP contribution is -2.07. The molecule has 74 valence electrons. The van der Waals surface area contributed by atoms with Gasteiger partial charge in [-0.2, -0.15) is 5.26 Å². The van der Waals surface area contributed by atoms with E-state index in [0.29, 0.717) is 18.4 Å². The van der Waals surface area contributed by atoms with Crippen LogP contribution in [0.3, 0.4) is 0 Å². The second-order valence-electron chi connectivity index (χ2n) is 3.15. The Morgan fingerprint density at radius 1 is 1.43 bits per heavy atom. The van der Waals surface area contributed by atoms with Crippen molar-refractivity contribution in [3.05, 3.63) is 35.6 Å². The van der Waals surface area contributed by atoms with Crippen molar-refractivity contribution in [1.29, 1.82) is 5.26 Å². The molecule has 0 aromatic heterocycles. The highest BCUT2D eigenvalue weighted by atomic mass is 19.1. The number of benzene rings is 1. The summed E-state index contributed by atoms with van der Waals surface area (Å²) in [4.78, 5) is 0. The fraction of sp³-hybridized carbons (Fsp3) is 0.364. The quantitative estimate of drug-likeness (QED) is 0.795. The second-order valence-corrected chi connectivity index (χ2v) is 3.15. The normalized spacial score (nSPS) is 12.1. The van der Waals surface area contributed by atoms with Crippen LogP contribution >= 0.6 is 0 Å². The fourth-order valence-corrected chi connectivity index (χ4v) is 1.23. The lowest BCUT2D eigenvalue weighted by atomic mass is 10.1. The number of nitrogens with zero attached hydrogens (tertiary/aromatic N) is 1. The number of aliphatic hydroxyl groups excluding tert-OH is 1. The summed E-state index contributed by atoms with van der Waals surface area (Å²) in [5, 5.41) is 17.6. The first-order valence-electron chi connectivity index (χ1n) is 4.52. The van der Waals surface area contributed by atoms with E-state index in [1.807, 2.05) is 6.07 Å². The van der Waals surface area contributed by atoms with Gasteiger partial charge in [-0.25, -0.2) is 4.39 Å². The monoisotopic (exact) mass is 193 g/mol. The smallest absolute Gasteiger partial charge is 0.126 e. The first-order valence-corrected chi connectivity index (χ1v) is 4.52. The van der Waals surface area contributed by atoms with Crippen LogP contribution in [0.1, 0.15) is 18.4 Å². The van der Waals surface area contributed by atoms with Crippen molar-refractivity contribution in [2.45, 2.75) is 25.4 Å². The van der Waals surface area contributed by atoms with E-state index in [9.17, 15) is 9.50 Å². The Morgan fingerprint density at radius 2 is 2.14 bits per heavy atom. The van der Waals surface area contributed by atoms with Gasteiger partial charge in [-0.1, -0.05) is 18.2 Å². The maximum Gasteiger partial charge on any atom is 0.126 e. The average Bonchev–Trinajstić information content (AvgIpc) is 2.17. The van der Waals surface area contributed by atoms with Crippen LogP contribution in [0.15, 0.2) is 24.3 Å². The summed E-state index contributed by atoms with van der Waals surface area (Å²) in [5.41, 5.74) is 0.587. The summed E-state index contributed by atoms with van der Waals surface area (Å²) < 4.78 is 13.1. The first-order chi connectivity index (χ1) is 6.74. The summed E-state index contributed by atoms with van der Waals surface area (Å²) in [6.07, 6.45) is 0.345. The van der Waals surface area contributed by atoms with Crippen LogP contribution in [0.5, 0.6) is 0 Å². The van der Waals surface area contributed by atoms with Gasteiger partial charge in [-0.05, 0) is 24.5 Å². The average molecular weight is 193 g/mol. The Kier molecular flexibility index (Phi) is 4.09. The highest BCUT2D eigenvalue weighted by Crippen LogP contribution is 2.10. The molecule has 3 heteroatoms. The zero-order chi connectivity index (χ0) is 10.4. The minimum absolute atomic E-state index is 0.106. The van der Waals surface area contributed by atoms with Crippen molar-refractivity contribution >= 4 is 0 Å². The Hall–Kier alpha value is -1.40. The molecule has 0 aliphatic heterocycles. The minimum Gasteiger partial charge on any atom is -0.392 e. The van der Waals surface area contributed by atoms with Gasteiger partial charge in [0.25, 0.3) is 0 Å². The molecular formula is C11H12FNO. The van der Waals surface area contributed by atoms with Crippen LogP contribution in [0.2, 0.25) is 0 Å². The van der Waals surface area contributed by atoms with Gasteiger partial charge in [0.2, 0.25) is 0 Å². The van der Waals surface area contributed by atoms with E-state index in [-0.39, 0.29) is 12.2 Å². The van der Waals surface area contributed by atoms with Gasteiger partial charge in [-0.3, -0.25) is 0 Å². The maximum absolute atomic E-state index is 13.1. The molecule has 0 fully saturated rings. The number of nitriles is 1. The molecule has 1 aromatic rings. The molecule has 2 nitrogen and oxygen atoms in total. The Bertz CT molecular complexity index is 332. The number of halogens is 1. The molecule has 1 N–H and O–H groups in total. The zero-order valence-corrected chi connectivity index (χ0v) is 7.78. The topological polar surface area (TPSA) is 44.0 Å². The van der Waals surface area contributed by atoms with Crippen LogP contribution in [-0.2, 0) is 6.42 Å². The molecule has 0 heterocycles. The van der Waals surface area contributed by atoms with Crippen LogP contribution in [-0.4, -0.2) is 11.2 Å². The summed E-state index contributed by atoms with van der Waals surface area (Å²) >= 11 is 0. The number of hydrogen-bond acceptors (Lipinski definition) is 2. The van der Waals surface area contributed by atoms with E-state index in [2.05, 4.69) is 0 Å². The molecule has 0 amide bonds. The molecule has 0 saturated heterocycles. The molecule has 1 unspecified atom stereocenters. The van der Waals surface area contributed by atoms with Gasteiger partial charge < -0.3 is 5.11 Å². The predicted octanol–water partition coefficient (Wildman–Crippen LogP) is 2.03. The van der Waals surface area contributed by atoms with E-state index in [4.69, 9.17) is 5.26 Å². The van der Waals surface area contributed by atoms with Gasteiger partial charge in [-0.15, -0.1) is 0 Å². The molecule has 0 spiro atoms. The fourth-order valence-electron chi connectivity index (χ4n) is 1.23. The third-order valence-corrected chi connectivity index (χ3v) is 2.03. The van der Waals surface area contributed by atoms with E-state index in [0.717, 1.165) is 0 Å². The third-order valence-electron chi connectivity index (χ3n) is 2.03. The lowest BCUT2D eigenvalue weighted by molar-refractivity contribution is 0.169. The maximum atomic E-state index is 13.1. The molecule has 1 rings (SSSR count). The van der Waals surface area contributed by atoms with Gasteiger partial charge in [0.05, 0.1) is 18.6 Å². The number of rotatable bonds is 4. The third kappa shape index (κ3) is 3.15. The Balaban J connectivity index is 2.46. The summed E-state index contributed by atoms with van der Waals surface area (Å²) in [6, 6.07) is 8.35. The molecule has 1 aromatic carbocycles. The molecule has 1 atom stereocenters. The van der Waals surface area contributed by atoms with Crippen molar-refractivity contribution in [3.8, 4) is 6.07 Å². The lowest BCUT2D eigenvalue weighted by Gasteiger charge is -2.06. The Labute approximate surface area is 82.6 Å². The molecule has 0 radical (unpaired) electrons. The first kappa shape index (κ1) is 10.7. The van der Waals surface area contributed by atoms with Gasteiger partial charge >= 0.3 is 0 Å². The van der Waals surface area contributed by atoms with E-state index >= 15 is 0 Å². The standard InChI is InChI=1S/C11H12FNO/c12-11-4-2-1-3-9(11)5-6-10(14)7-8-13/h1-4,10,14H,5-7H2. The summed E-state index contributed by atoms with van der Waals surface area (Å²) in [7, 11) is 0. The zero-order valence-electron chi connectivity index (χ0n) is 7.78. The minimum atomic E-state index is -0.653. The number of aliphatic hydroxyl groups is 1. The Morgan fingerprint density at radius 3 is 2.79 bits per heavy atom. The second kappa shape index (κ2) is 5.36. The molecule has 0 aliphatic carbocycles. The number of aryl methyl sites for hydroxylation is 1. The predicted molar refractivity (Wildman–Crippen MR) is 51.0 cm³/mol. The largest absolute Gasteiger partial charge is 0.392 e.